The van der Waals surface area contributed by atoms with Gasteiger partial charge in [-0.05, 0) is 90.5 Å². The van der Waals surface area contributed by atoms with E-state index in [1.807, 2.05) is 0 Å². The Morgan fingerprint density at radius 2 is 1.43 bits per heavy atom. The van der Waals surface area contributed by atoms with E-state index in [2.05, 4.69) is 0 Å². The molecule has 4 aromatic carbocycles. The number of amides is 2. The lowest BCUT2D eigenvalue weighted by molar-refractivity contribution is -0.137. The van der Waals surface area contributed by atoms with E-state index in [0.29, 0.717) is 27.9 Å². The zero-order valence-electron chi connectivity index (χ0n) is 20.5. The highest BCUT2D eigenvalue weighted by Gasteiger charge is 2.41. The zero-order chi connectivity index (χ0) is 28.7. The Labute approximate surface area is 233 Å². The lowest BCUT2D eigenvalue weighted by Gasteiger charge is -2.24. The van der Waals surface area contributed by atoms with Gasteiger partial charge in [-0.2, -0.15) is 13.2 Å². The molecule has 0 aliphatic carbocycles. The maximum Gasteiger partial charge on any atom is 0.416 e. The molecule has 4 aromatic rings. The van der Waals surface area contributed by atoms with Gasteiger partial charge < -0.3 is 4.74 Å². The quantitative estimate of drug-likeness (QED) is 0.263. The van der Waals surface area contributed by atoms with Crippen LogP contribution in [0.2, 0.25) is 5.02 Å². The van der Waals surface area contributed by atoms with Crippen molar-refractivity contribution >= 4 is 39.0 Å². The third kappa shape index (κ3) is 5.76. The minimum atomic E-state index is -4.56. The van der Waals surface area contributed by atoms with Crippen LogP contribution in [0.3, 0.4) is 0 Å². The number of ether oxygens (including phenoxy) is 1. The summed E-state index contributed by atoms with van der Waals surface area (Å²) in [5.41, 5.74) is 0.243. The number of rotatable bonds is 6. The van der Waals surface area contributed by atoms with Crippen molar-refractivity contribution < 1.29 is 31.1 Å². The van der Waals surface area contributed by atoms with Crippen molar-refractivity contribution in [2.24, 2.45) is 5.14 Å². The number of nitrogens with two attached hydrogens (primary N) is 1. The van der Waals surface area contributed by atoms with Crippen molar-refractivity contribution in [3.05, 3.63) is 113 Å². The van der Waals surface area contributed by atoms with Gasteiger partial charge >= 0.3 is 12.2 Å². The standard InChI is InChI=1S/C28H21ClF3N3O4S/c29-20-4-10-23(11-5-20)39-24-12-6-22(7-13-24)35-26(18-2-1-3-19(16-18)28(30,31)32)17-34(27(35)36)21-8-14-25(15-9-21)40(33,37)38/h1-16,26H,17H2,(H2,33,37,38)/t26-/m1/s1. The van der Waals surface area contributed by atoms with Gasteiger partial charge in [-0.25, -0.2) is 18.4 Å². The molecule has 1 fully saturated rings. The summed E-state index contributed by atoms with van der Waals surface area (Å²) in [6.45, 7) is 0.0118. The first kappa shape index (κ1) is 27.5. The average Bonchev–Trinajstić information content (AvgIpc) is 3.26. The van der Waals surface area contributed by atoms with Crippen molar-refractivity contribution in [2.75, 3.05) is 16.3 Å². The Hall–Kier alpha value is -4.06. The van der Waals surface area contributed by atoms with Gasteiger partial charge in [0, 0.05) is 16.4 Å². The van der Waals surface area contributed by atoms with E-state index in [-0.39, 0.29) is 17.0 Å². The number of nitrogens with zero attached hydrogens (tertiary/aromatic N) is 2. The maximum absolute atomic E-state index is 13.7. The summed E-state index contributed by atoms with van der Waals surface area (Å²) in [7, 11) is -3.95. The van der Waals surface area contributed by atoms with Crippen molar-refractivity contribution in [3.8, 4) is 11.5 Å². The number of urea groups is 1. The summed E-state index contributed by atoms with van der Waals surface area (Å²) in [6.07, 6.45) is -4.56. The molecule has 0 bridgehead atoms. The third-order valence-corrected chi connectivity index (χ3v) is 7.53. The smallest absolute Gasteiger partial charge is 0.416 e. The lowest BCUT2D eigenvalue weighted by Crippen LogP contribution is -2.32. The Balaban J connectivity index is 1.50. The number of hydrogen-bond donors (Lipinski definition) is 1. The van der Waals surface area contributed by atoms with Crippen molar-refractivity contribution in [2.45, 2.75) is 17.1 Å². The van der Waals surface area contributed by atoms with E-state index >= 15 is 0 Å². The zero-order valence-corrected chi connectivity index (χ0v) is 22.1. The molecular weight excluding hydrogens is 567 g/mol. The van der Waals surface area contributed by atoms with Gasteiger partial charge in [0.15, 0.2) is 0 Å². The maximum atomic E-state index is 13.7. The van der Waals surface area contributed by atoms with Crippen LogP contribution in [0.4, 0.5) is 29.3 Å². The van der Waals surface area contributed by atoms with Crippen molar-refractivity contribution in [1.29, 1.82) is 0 Å². The van der Waals surface area contributed by atoms with Gasteiger partial charge in [-0.15, -0.1) is 0 Å². The SMILES string of the molecule is NS(=O)(=O)c1ccc(N2C[C@H](c3cccc(C(F)(F)F)c3)N(c3ccc(Oc4ccc(Cl)cc4)cc3)C2=O)cc1. The van der Waals surface area contributed by atoms with Gasteiger partial charge in [0.25, 0.3) is 0 Å². The minimum Gasteiger partial charge on any atom is -0.457 e. The highest BCUT2D eigenvalue weighted by atomic mass is 35.5. The van der Waals surface area contributed by atoms with E-state index in [1.54, 1.807) is 48.5 Å². The molecule has 7 nitrogen and oxygen atoms in total. The molecule has 206 valence electrons. The van der Waals surface area contributed by atoms with E-state index < -0.39 is 33.8 Å². The normalized spacial score (nSPS) is 15.9. The molecule has 0 saturated carbocycles. The molecule has 1 heterocycles. The van der Waals surface area contributed by atoms with E-state index in [0.717, 1.165) is 12.1 Å². The molecule has 1 aliphatic heterocycles. The van der Waals surface area contributed by atoms with Crippen LogP contribution >= 0.6 is 11.6 Å². The van der Waals surface area contributed by atoms with Crippen LogP contribution in [-0.4, -0.2) is 21.0 Å². The number of hydrogen-bond acceptors (Lipinski definition) is 4. The molecule has 12 heteroatoms. The van der Waals surface area contributed by atoms with Crippen molar-refractivity contribution in [3.63, 3.8) is 0 Å². The second kappa shape index (κ2) is 10.5. The first-order chi connectivity index (χ1) is 18.9. The first-order valence-electron chi connectivity index (χ1n) is 11.8. The van der Waals surface area contributed by atoms with Crippen LogP contribution in [0.5, 0.6) is 11.5 Å². The Morgan fingerprint density at radius 3 is 2.00 bits per heavy atom. The van der Waals surface area contributed by atoms with Crippen LogP contribution in [0, 0.1) is 0 Å². The molecule has 2 N–H and O–H groups in total. The van der Waals surface area contributed by atoms with Gasteiger partial charge in [0.05, 0.1) is 23.0 Å². The summed E-state index contributed by atoms with van der Waals surface area (Å²) in [6, 6.07) is 22.2. The monoisotopic (exact) mass is 587 g/mol. The van der Waals surface area contributed by atoms with E-state index in [1.165, 1.54) is 46.2 Å². The number of sulfonamides is 1. The third-order valence-electron chi connectivity index (χ3n) is 6.34. The predicted molar refractivity (Wildman–Crippen MR) is 145 cm³/mol. The van der Waals surface area contributed by atoms with Gasteiger partial charge in [0.2, 0.25) is 10.0 Å². The molecular formula is C28H21ClF3N3O4S. The van der Waals surface area contributed by atoms with E-state index in [9.17, 15) is 26.4 Å². The minimum absolute atomic E-state index is 0.0118. The van der Waals surface area contributed by atoms with Gasteiger partial charge in [-0.3, -0.25) is 9.80 Å². The molecule has 1 atom stereocenters. The number of primary sulfonamides is 1. The Bertz CT molecular complexity index is 1650. The molecule has 40 heavy (non-hydrogen) atoms. The number of carbonyl (C=O) groups excluding carboxylic acids is 1. The Morgan fingerprint density at radius 1 is 0.850 bits per heavy atom. The summed E-state index contributed by atoms with van der Waals surface area (Å²) < 4.78 is 69.6. The van der Waals surface area contributed by atoms with Crippen LogP contribution in [0.25, 0.3) is 0 Å². The molecule has 1 aliphatic rings. The average molecular weight is 588 g/mol. The predicted octanol–water partition coefficient (Wildman–Crippen LogP) is 6.99. The van der Waals surface area contributed by atoms with Crippen LogP contribution < -0.4 is 19.7 Å². The first-order valence-corrected chi connectivity index (χ1v) is 13.8. The van der Waals surface area contributed by atoms with Crippen molar-refractivity contribution in [1.82, 2.24) is 0 Å². The highest BCUT2D eigenvalue weighted by Crippen LogP contribution is 2.40. The van der Waals surface area contributed by atoms with E-state index in [4.69, 9.17) is 21.5 Å². The largest absolute Gasteiger partial charge is 0.457 e. The molecule has 5 rings (SSSR count). The number of carbonyl (C=O) groups is 1. The fourth-order valence-electron chi connectivity index (χ4n) is 4.41. The molecule has 0 spiro atoms. The molecule has 2 amide bonds. The number of halogens is 4. The summed E-state index contributed by atoms with van der Waals surface area (Å²) in [4.78, 5) is 16.3. The second-order valence-electron chi connectivity index (χ2n) is 8.99. The second-order valence-corrected chi connectivity index (χ2v) is 11.0. The Kier molecular flexibility index (Phi) is 7.21. The lowest BCUT2D eigenvalue weighted by atomic mass is 10.0. The summed E-state index contributed by atoms with van der Waals surface area (Å²) >= 11 is 5.91. The van der Waals surface area contributed by atoms with Crippen LogP contribution in [0.1, 0.15) is 17.2 Å². The molecule has 0 radical (unpaired) electrons. The van der Waals surface area contributed by atoms with Crippen LogP contribution in [-0.2, 0) is 16.2 Å². The number of alkyl halides is 3. The fourth-order valence-corrected chi connectivity index (χ4v) is 5.05. The summed E-state index contributed by atoms with van der Waals surface area (Å²) in [5.74, 6) is 1.02. The molecule has 0 aromatic heterocycles. The molecule has 0 unspecified atom stereocenters. The van der Waals surface area contributed by atoms with Gasteiger partial charge in [0.1, 0.15) is 11.5 Å². The topological polar surface area (TPSA) is 92.9 Å². The number of benzene rings is 4. The summed E-state index contributed by atoms with van der Waals surface area (Å²) in [5, 5.41) is 5.73. The molecule has 1 saturated heterocycles. The van der Waals surface area contributed by atoms with Crippen LogP contribution in [0.15, 0.2) is 102 Å². The number of anilines is 2. The fraction of sp³-hybridized carbons (Fsp3) is 0.107. The van der Waals surface area contributed by atoms with Gasteiger partial charge in [-0.1, -0.05) is 23.7 Å². The highest BCUT2D eigenvalue weighted by molar-refractivity contribution is 7.89.